The molecule has 0 spiro atoms. The van der Waals surface area contributed by atoms with Crippen LogP contribution in [0.3, 0.4) is 0 Å². The number of hydrogen-bond donors (Lipinski definition) is 0. The summed E-state index contributed by atoms with van der Waals surface area (Å²) >= 11 is 0. The van der Waals surface area contributed by atoms with Crippen LogP contribution in [0, 0.1) is 11.3 Å². The van der Waals surface area contributed by atoms with Crippen LogP contribution >= 0.6 is 0 Å². The lowest BCUT2D eigenvalue weighted by molar-refractivity contribution is -0.119. The Kier molecular flexibility index (Phi) is 5.24. The van der Waals surface area contributed by atoms with Gasteiger partial charge in [-0.2, -0.15) is 5.26 Å². The highest BCUT2D eigenvalue weighted by molar-refractivity contribution is 5.82. The third kappa shape index (κ3) is 4.72. The molecule has 0 saturated carbocycles. The van der Waals surface area contributed by atoms with E-state index < -0.39 is 0 Å². The summed E-state index contributed by atoms with van der Waals surface area (Å²) in [6.07, 6.45) is 0.937. The van der Waals surface area contributed by atoms with Crippen LogP contribution in [-0.2, 0) is 11.2 Å². The maximum Gasteiger partial charge on any atom is 0.151 e. The highest BCUT2D eigenvalue weighted by Gasteiger charge is 2.06. The lowest BCUT2D eigenvalue weighted by Crippen LogP contribution is -2.27. The smallest absolute Gasteiger partial charge is 0.151 e. The zero-order chi connectivity index (χ0) is 11.8. The van der Waals surface area contributed by atoms with E-state index in [1.54, 1.807) is 0 Å². The molecule has 1 rings (SSSR count). The summed E-state index contributed by atoms with van der Waals surface area (Å²) < 4.78 is 0. The van der Waals surface area contributed by atoms with Crippen LogP contribution < -0.4 is 0 Å². The van der Waals surface area contributed by atoms with Gasteiger partial charge in [0.2, 0.25) is 0 Å². The standard InChI is InChI=1S/C13H16N2O/c1-15(9-5-8-14)11-13(16)10-12-6-3-2-4-7-12/h2-4,6-7H,5,9-11H2,1H3. The van der Waals surface area contributed by atoms with Crippen molar-refractivity contribution < 1.29 is 4.79 Å². The van der Waals surface area contributed by atoms with Gasteiger partial charge >= 0.3 is 0 Å². The van der Waals surface area contributed by atoms with Crippen LogP contribution in [0.5, 0.6) is 0 Å². The Labute approximate surface area is 96.3 Å². The summed E-state index contributed by atoms with van der Waals surface area (Å²) in [5, 5.41) is 8.42. The molecule has 0 N–H and O–H groups in total. The molecular formula is C13H16N2O. The molecule has 1 aromatic rings. The van der Waals surface area contributed by atoms with Crippen molar-refractivity contribution in [3.05, 3.63) is 35.9 Å². The second kappa shape index (κ2) is 6.76. The highest BCUT2D eigenvalue weighted by Crippen LogP contribution is 2.00. The molecule has 0 unspecified atom stereocenters. The highest BCUT2D eigenvalue weighted by atomic mass is 16.1. The zero-order valence-corrected chi connectivity index (χ0v) is 9.52. The van der Waals surface area contributed by atoms with Crippen LogP contribution in [0.15, 0.2) is 30.3 Å². The van der Waals surface area contributed by atoms with Crippen molar-refractivity contribution in [1.29, 1.82) is 5.26 Å². The Hall–Kier alpha value is -1.66. The molecule has 0 atom stereocenters. The normalized spacial score (nSPS) is 10.1. The number of nitrogens with zero attached hydrogens (tertiary/aromatic N) is 2. The van der Waals surface area contributed by atoms with E-state index in [-0.39, 0.29) is 5.78 Å². The van der Waals surface area contributed by atoms with Gasteiger partial charge in [-0.05, 0) is 12.6 Å². The van der Waals surface area contributed by atoms with Crippen molar-refractivity contribution in [2.24, 2.45) is 0 Å². The van der Waals surface area contributed by atoms with Gasteiger partial charge in [0.05, 0.1) is 12.6 Å². The van der Waals surface area contributed by atoms with Gasteiger partial charge < -0.3 is 0 Å². The van der Waals surface area contributed by atoms with Gasteiger partial charge in [0, 0.05) is 19.4 Å². The molecule has 0 radical (unpaired) electrons. The molecule has 3 nitrogen and oxygen atoms in total. The molecule has 0 aliphatic carbocycles. The van der Waals surface area contributed by atoms with E-state index in [4.69, 9.17) is 5.26 Å². The van der Waals surface area contributed by atoms with E-state index >= 15 is 0 Å². The number of carbonyl (C=O) groups is 1. The van der Waals surface area contributed by atoms with E-state index in [0.29, 0.717) is 25.9 Å². The van der Waals surface area contributed by atoms with Crippen molar-refractivity contribution in [1.82, 2.24) is 4.90 Å². The Morgan fingerprint density at radius 3 is 2.69 bits per heavy atom. The van der Waals surface area contributed by atoms with Crippen molar-refractivity contribution in [2.75, 3.05) is 20.1 Å². The first-order valence-corrected chi connectivity index (χ1v) is 5.33. The maximum absolute atomic E-state index is 11.7. The van der Waals surface area contributed by atoms with E-state index in [1.807, 2.05) is 42.3 Å². The third-order valence-corrected chi connectivity index (χ3v) is 2.30. The van der Waals surface area contributed by atoms with Gasteiger partial charge in [0.15, 0.2) is 5.78 Å². The molecular weight excluding hydrogens is 200 g/mol. The minimum absolute atomic E-state index is 0.187. The van der Waals surface area contributed by atoms with Crippen LogP contribution in [0.4, 0.5) is 0 Å². The van der Waals surface area contributed by atoms with Gasteiger partial charge in [-0.25, -0.2) is 0 Å². The van der Waals surface area contributed by atoms with E-state index in [0.717, 1.165) is 5.56 Å². The number of hydrogen-bond acceptors (Lipinski definition) is 3. The number of ketones is 1. The molecule has 0 bridgehead atoms. The minimum Gasteiger partial charge on any atom is -0.298 e. The Balaban J connectivity index is 2.34. The number of likely N-dealkylation sites (N-methyl/N-ethyl adjacent to an activating group) is 1. The first kappa shape index (κ1) is 12.4. The molecule has 3 heteroatoms. The second-order valence-electron chi connectivity index (χ2n) is 3.85. The maximum atomic E-state index is 11.7. The minimum atomic E-state index is 0.187. The van der Waals surface area contributed by atoms with Crippen LogP contribution in [-0.4, -0.2) is 30.8 Å². The summed E-state index contributed by atoms with van der Waals surface area (Å²) in [7, 11) is 1.86. The van der Waals surface area contributed by atoms with Crippen LogP contribution in [0.2, 0.25) is 0 Å². The van der Waals surface area contributed by atoms with Crippen molar-refractivity contribution >= 4 is 5.78 Å². The summed E-state index contributed by atoms with van der Waals surface area (Å²) in [6, 6.07) is 11.8. The molecule has 0 heterocycles. The largest absolute Gasteiger partial charge is 0.298 e. The molecule has 0 fully saturated rings. The van der Waals surface area contributed by atoms with E-state index in [9.17, 15) is 4.79 Å². The molecule has 84 valence electrons. The van der Waals surface area contributed by atoms with Crippen molar-refractivity contribution in [3.8, 4) is 6.07 Å². The van der Waals surface area contributed by atoms with Crippen molar-refractivity contribution in [2.45, 2.75) is 12.8 Å². The van der Waals surface area contributed by atoms with Gasteiger partial charge in [-0.1, -0.05) is 30.3 Å². The average molecular weight is 216 g/mol. The predicted octanol–water partition coefficient (Wildman–Crippen LogP) is 1.64. The van der Waals surface area contributed by atoms with Crippen LogP contribution in [0.1, 0.15) is 12.0 Å². The fraction of sp³-hybridized carbons (Fsp3) is 0.385. The Morgan fingerprint density at radius 1 is 1.38 bits per heavy atom. The molecule has 1 aromatic carbocycles. The monoisotopic (exact) mass is 216 g/mol. The third-order valence-electron chi connectivity index (χ3n) is 2.30. The summed E-state index contributed by atoms with van der Waals surface area (Å²) in [5.74, 6) is 0.187. The van der Waals surface area contributed by atoms with Gasteiger partial charge in [-0.15, -0.1) is 0 Å². The SMILES string of the molecule is CN(CCC#N)CC(=O)Cc1ccccc1. The van der Waals surface area contributed by atoms with Gasteiger partial charge in [0.1, 0.15) is 0 Å². The predicted molar refractivity (Wildman–Crippen MR) is 62.9 cm³/mol. The lowest BCUT2D eigenvalue weighted by Gasteiger charge is -2.13. The van der Waals surface area contributed by atoms with Crippen molar-refractivity contribution in [3.63, 3.8) is 0 Å². The number of benzene rings is 1. The molecule has 0 aromatic heterocycles. The molecule has 0 saturated heterocycles. The molecule has 0 aliphatic heterocycles. The fourth-order valence-electron chi connectivity index (χ4n) is 1.50. The lowest BCUT2D eigenvalue weighted by atomic mass is 10.1. The van der Waals surface area contributed by atoms with E-state index in [2.05, 4.69) is 6.07 Å². The number of Topliss-reactive ketones (excluding diaryl/α,β-unsaturated/α-hetero) is 1. The summed E-state index contributed by atoms with van der Waals surface area (Å²) in [4.78, 5) is 13.5. The molecule has 0 aliphatic rings. The molecule has 0 amide bonds. The Bertz CT molecular complexity index is 367. The molecule has 16 heavy (non-hydrogen) atoms. The summed E-state index contributed by atoms with van der Waals surface area (Å²) in [6.45, 7) is 1.06. The van der Waals surface area contributed by atoms with Gasteiger partial charge in [-0.3, -0.25) is 9.69 Å². The fourth-order valence-corrected chi connectivity index (χ4v) is 1.50. The quantitative estimate of drug-likeness (QED) is 0.726. The first-order chi connectivity index (χ1) is 7.72. The number of nitriles is 1. The van der Waals surface area contributed by atoms with Crippen LogP contribution in [0.25, 0.3) is 0 Å². The topological polar surface area (TPSA) is 44.1 Å². The number of rotatable bonds is 6. The van der Waals surface area contributed by atoms with Gasteiger partial charge in [0.25, 0.3) is 0 Å². The Morgan fingerprint density at radius 2 is 2.06 bits per heavy atom. The second-order valence-corrected chi connectivity index (χ2v) is 3.85. The summed E-state index contributed by atoms with van der Waals surface area (Å²) in [5.41, 5.74) is 1.04. The first-order valence-electron chi connectivity index (χ1n) is 5.33. The zero-order valence-electron chi connectivity index (χ0n) is 9.52. The average Bonchev–Trinajstić information content (AvgIpc) is 2.27. The van der Waals surface area contributed by atoms with E-state index in [1.165, 1.54) is 0 Å². The number of carbonyl (C=O) groups excluding carboxylic acids is 1.